The van der Waals surface area contributed by atoms with E-state index < -0.39 is 61.0 Å². The van der Waals surface area contributed by atoms with Crippen molar-refractivity contribution in [2.24, 2.45) is 0 Å². The molecule has 1 aromatic heterocycles. The molecule has 33 heavy (non-hydrogen) atoms. The first kappa shape index (κ1) is 22.4. The molecule has 0 aliphatic heterocycles. The molecule has 0 spiro atoms. The van der Waals surface area contributed by atoms with Gasteiger partial charge in [-0.15, -0.1) is 0 Å². The smallest absolute Gasteiger partial charge is 0.272 e. The highest BCUT2D eigenvalue weighted by Gasteiger charge is 2.48. The fourth-order valence-corrected chi connectivity index (χ4v) is 5.03. The zero-order chi connectivity index (χ0) is 24.1. The Bertz CT molecular complexity index is 1450. The van der Waals surface area contributed by atoms with Crippen molar-refractivity contribution in [3.63, 3.8) is 0 Å². The normalized spacial score (nSPS) is 17.5. The van der Waals surface area contributed by atoms with Crippen molar-refractivity contribution < 1.29 is 32.1 Å². The number of pyridine rings is 1. The van der Waals surface area contributed by atoms with E-state index in [1.807, 2.05) is 0 Å². The minimum absolute atomic E-state index is 0.304. The van der Waals surface area contributed by atoms with Crippen LogP contribution in [0.25, 0.3) is 16.8 Å². The summed E-state index contributed by atoms with van der Waals surface area (Å²) in [5, 5.41) is 20.1. The molecule has 4 rings (SSSR count). The molecular weight excluding hydrogens is 459 g/mol. The SMILES string of the molecule is COc1cccc(-c2ccc(-n3cc(O)c4c(c3=O)C([N+](=O)[O-])CC4S(=O)(=O)O)c(F)c2)c1. The van der Waals surface area contributed by atoms with Gasteiger partial charge in [0.15, 0.2) is 0 Å². The highest BCUT2D eigenvalue weighted by molar-refractivity contribution is 7.86. The topological polar surface area (TPSA) is 149 Å². The summed E-state index contributed by atoms with van der Waals surface area (Å²) in [5.41, 5.74) is -1.44. The fourth-order valence-electron chi connectivity index (χ4n) is 4.06. The third-order valence-electron chi connectivity index (χ3n) is 5.58. The van der Waals surface area contributed by atoms with Crippen LogP contribution in [0.15, 0.2) is 53.5 Å². The van der Waals surface area contributed by atoms with Crippen molar-refractivity contribution in [1.29, 1.82) is 0 Å². The Morgan fingerprint density at radius 1 is 1.18 bits per heavy atom. The van der Waals surface area contributed by atoms with Crippen LogP contribution < -0.4 is 10.3 Å². The second kappa shape index (κ2) is 7.98. The lowest BCUT2D eigenvalue weighted by Crippen LogP contribution is -2.26. The summed E-state index contributed by atoms with van der Waals surface area (Å²) in [6, 6.07) is 8.95. The van der Waals surface area contributed by atoms with Gasteiger partial charge in [0, 0.05) is 16.9 Å². The van der Waals surface area contributed by atoms with E-state index in [9.17, 15) is 33.0 Å². The molecule has 2 unspecified atom stereocenters. The lowest BCUT2D eigenvalue weighted by atomic mass is 10.0. The summed E-state index contributed by atoms with van der Waals surface area (Å²) in [6.45, 7) is 0. The van der Waals surface area contributed by atoms with Crippen LogP contribution in [0.1, 0.15) is 28.8 Å². The number of hydrogen-bond donors (Lipinski definition) is 2. The molecule has 1 heterocycles. The van der Waals surface area contributed by atoms with E-state index in [0.29, 0.717) is 21.4 Å². The van der Waals surface area contributed by atoms with Gasteiger partial charge in [0.05, 0.1) is 24.6 Å². The van der Waals surface area contributed by atoms with Crippen molar-refractivity contribution in [3.8, 4) is 28.3 Å². The molecule has 0 saturated carbocycles. The van der Waals surface area contributed by atoms with E-state index in [2.05, 4.69) is 0 Å². The van der Waals surface area contributed by atoms with Crippen molar-refractivity contribution >= 4 is 10.1 Å². The average Bonchev–Trinajstić information content (AvgIpc) is 3.19. The molecule has 0 radical (unpaired) electrons. The van der Waals surface area contributed by atoms with Gasteiger partial charge in [-0.1, -0.05) is 18.2 Å². The monoisotopic (exact) mass is 476 g/mol. The van der Waals surface area contributed by atoms with Crippen LogP contribution in [-0.4, -0.2) is 34.7 Å². The van der Waals surface area contributed by atoms with Gasteiger partial charge in [0.2, 0.25) is 6.04 Å². The van der Waals surface area contributed by atoms with Gasteiger partial charge in [-0.25, -0.2) is 4.39 Å². The number of benzene rings is 2. The predicted octanol–water partition coefficient (Wildman–Crippen LogP) is 3.01. The zero-order valence-corrected chi connectivity index (χ0v) is 17.8. The lowest BCUT2D eigenvalue weighted by molar-refractivity contribution is -0.528. The molecule has 0 bridgehead atoms. The highest BCUT2D eigenvalue weighted by Crippen LogP contribution is 2.47. The van der Waals surface area contributed by atoms with Crippen LogP contribution in [0.2, 0.25) is 0 Å². The Hall–Kier alpha value is -3.77. The van der Waals surface area contributed by atoms with Crippen molar-refractivity contribution in [2.75, 3.05) is 7.11 Å². The number of hydrogen-bond acceptors (Lipinski definition) is 7. The molecule has 172 valence electrons. The molecule has 1 aliphatic rings. The number of nitro groups is 1. The van der Waals surface area contributed by atoms with Crippen LogP contribution in [0.3, 0.4) is 0 Å². The van der Waals surface area contributed by atoms with Crippen LogP contribution >= 0.6 is 0 Å². The van der Waals surface area contributed by atoms with Gasteiger partial charge in [-0.2, -0.15) is 8.42 Å². The number of aromatic nitrogens is 1. The molecule has 0 fully saturated rings. The largest absolute Gasteiger partial charge is 0.506 e. The first-order valence-corrected chi connectivity index (χ1v) is 11.1. The molecule has 10 nitrogen and oxygen atoms in total. The maximum Gasteiger partial charge on any atom is 0.272 e. The molecular formula is C21H17FN2O8S. The van der Waals surface area contributed by atoms with Gasteiger partial charge < -0.3 is 9.84 Å². The van der Waals surface area contributed by atoms with Crippen molar-refractivity contribution in [2.45, 2.75) is 17.7 Å². The number of ether oxygens (including phenoxy) is 1. The highest BCUT2D eigenvalue weighted by atomic mass is 32.2. The standard InChI is InChI=1S/C21H17FN2O8S/c1-32-13-4-2-3-11(7-13)12-5-6-15(14(22)8-12)23-10-17(25)20-18(33(29,30)31)9-16(24(27)28)19(20)21(23)26/h2-8,10,16,18,25H,9H2,1H3,(H,29,30,31). The zero-order valence-electron chi connectivity index (χ0n) is 17.0. The summed E-state index contributed by atoms with van der Waals surface area (Å²) >= 11 is 0. The quantitative estimate of drug-likeness (QED) is 0.324. The van der Waals surface area contributed by atoms with Gasteiger partial charge >= 0.3 is 0 Å². The van der Waals surface area contributed by atoms with Gasteiger partial charge in [0.1, 0.15) is 22.6 Å². The van der Waals surface area contributed by atoms with Gasteiger partial charge in [-0.3, -0.25) is 24.0 Å². The Labute approximate surface area is 186 Å². The Morgan fingerprint density at radius 2 is 1.88 bits per heavy atom. The second-order valence-electron chi connectivity index (χ2n) is 7.46. The van der Waals surface area contributed by atoms with E-state index in [0.717, 1.165) is 12.3 Å². The van der Waals surface area contributed by atoms with Crippen molar-refractivity contribution in [3.05, 3.63) is 86.1 Å². The first-order chi connectivity index (χ1) is 15.5. The molecule has 12 heteroatoms. The Balaban J connectivity index is 1.88. The van der Waals surface area contributed by atoms with E-state index in [1.54, 1.807) is 24.3 Å². The summed E-state index contributed by atoms with van der Waals surface area (Å²) in [7, 11) is -3.36. The Morgan fingerprint density at radius 3 is 2.48 bits per heavy atom. The molecule has 3 aromatic rings. The minimum Gasteiger partial charge on any atom is -0.506 e. The van der Waals surface area contributed by atoms with Crippen LogP contribution in [0.4, 0.5) is 4.39 Å². The van der Waals surface area contributed by atoms with Gasteiger partial charge in [0.25, 0.3) is 15.7 Å². The maximum atomic E-state index is 15.0. The third kappa shape index (κ3) is 3.83. The number of methoxy groups -OCH3 is 1. The fraction of sp³-hybridized carbons (Fsp3) is 0.190. The second-order valence-corrected chi connectivity index (χ2v) is 9.05. The first-order valence-electron chi connectivity index (χ1n) is 9.55. The van der Waals surface area contributed by atoms with Gasteiger partial charge in [-0.05, 0) is 35.4 Å². The maximum absolute atomic E-state index is 15.0. The van der Waals surface area contributed by atoms with Crippen LogP contribution in [0.5, 0.6) is 11.5 Å². The lowest BCUT2D eigenvalue weighted by Gasteiger charge is -2.14. The summed E-state index contributed by atoms with van der Waals surface area (Å²) in [5.74, 6) is -1.09. The summed E-state index contributed by atoms with van der Waals surface area (Å²) < 4.78 is 53.7. The van der Waals surface area contributed by atoms with E-state index in [4.69, 9.17) is 4.74 Å². The third-order valence-corrected chi connectivity index (χ3v) is 6.73. The molecule has 1 aliphatic carbocycles. The number of nitrogens with zero attached hydrogens (tertiary/aromatic N) is 2. The number of rotatable bonds is 5. The van der Waals surface area contributed by atoms with Crippen molar-refractivity contribution in [1.82, 2.24) is 4.57 Å². The molecule has 0 amide bonds. The molecule has 0 saturated heterocycles. The predicted molar refractivity (Wildman–Crippen MR) is 114 cm³/mol. The number of halogens is 1. The van der Waals surface area contributed by atoms with E-state index >= 15 is 4.39 Å². The number of fused-ring (bicyclic) bond motifs is 1. The van der Waals surface area contributed by atoms with Crippen LogP contribution in [-0.2, 0) is 10.1 Å². The molecule has 2 N–H and O–H groups in total. The number of aromatic hydroxyl groups is 1. The summed E-state index contributed by atoms with van der Waals surface area (Å²) in [6.07, 6.45) is 0.0521. The Kier molecular flexibility index (Phi) is 5.42. The van der Waals surface area contributed by atoms with E-state index in [1.165, 1.54) is 19.2 Å². The minimum atomic E-state index is -4.85. The molecule has 2 atom stereocenters. The van der Waals surface area contributed by atoms with E-state index in [-0.39, 0.29) is 5.69 Å². The average molecular weight is 476 g/mol. The summed E-state index contributed by atoms with van der Waals surface area (Å²) in [4.78, 5) is 23.7. The van der Waals surface area contributed by atoms with Crippen LogP contribution in [0, 0.1) is 15.9 Å². The molecule has 2 aromatic carbocycles.